The van der Waals surface area contributed by atoms with Gasteiger partial charge in [-0.25, -0.2) is 13.8 Å². The van der Waals surface area contributed by atoms with E-state index in [0.717, 1.165) is 0 Å². The van der Waals surface area contributed by atoms with E-state index in [0.29, 0.717) is 11.1 Å². The molecule has 0 N–H and O–H groups in total. The maximum atomic E-state index is 13.5. The Kier molecular flexibility index (Phi) is 8.83. The van der Waals surface area contributed by atoms with Crippen LogP contribution in [0, 0.1) is 11.6 Å². The van der Waals surface area contributed by atoms with Gasteiger partial charge in [-0.3, -0.25) is 14.4 Å². The molecule has 7 nitrogen and oxygen atoms in total. The molecule has 0 aliphatic rings. The molecule has 1 aromatic heterocycles. The van der Waals surface area contributed by atoms with Gasteiger partial charge in [0, 0.05) is 31.5 Å². The van der Waals surface area contributed by atoms with Crippen LogP contribution in [-0.2, 0) is 14.3 Å². The first-order valence-electron chi connectivity index (χ1n) is 11.1. The van der Waals surface area contributed by atoms with E-state index >= 15 is 0 Å². The Bertz CT molecular complexity index is 1180. The number of carbonyl (C=O) groups is 3. The van der Waals surface area contributed by atoms with Gasteiger partial charge in [-0.15, -0.1) is 0 Å². The molecule has 0 saturated heterocycles. The number of ketones is 1. The van der Waals surface area contributed by atoms with E-state index in [2.05, 4.69) is 4.98 Å². The fraction of sp³-hybridized carbons (Fsp3) is 0.259. The molecule has 188 valence electrons. The number of aromatic nitrogens is 1. The van der Waals surface area contributed by atoms with Gasteiger partial charge in [0.05, 0.1) is 13.5 Å². The molecule has 0 aliphatic heterocycles. The highest BCUT2D eigenvalue weighted by molar-refractivity contribution is 5.99. The van der Waals surface area contributed by atoms with Crippen molar-refractivity contribution in [3.05, 3.63) is 89.2 Å². The van der Waals surface area contributed by atoms with E-state index in [1.54, 1.807) is 31.2 Å². The molecular weight excluding hydrogens is 472 g/mol. The predicted octanol–water partition coefficient (Wildman–Crippen LogP) is 5.02. The molecule has 0 radical (unpaired) electrons. The first-order chi connectivity index (χ1) is 17.2. The minimum atomic E-state index is -0.713. The lowest BCUT2D eigenvalue weighted by atomic mass is 9.87. The molecule has 0 bridgehead atoms. The summed E-state index contributed by atoms with van der Waals surface area (Å²) < 4.78 is 42.8. The van der Waals surface area contributed by atoms with E-state index < -0.39 is 41.4 Å². The van der Waals surface area contributed by atoms with E-state index in [1.165, 1.54) is 50.6 Å². The standard InChI is InChI=1S/C27H25F2NO6/c1-16(25(18-4-8-20(28)9-5-18)19-6-10-21(29)11-7-19)35-24(33)13-12-22(32)26-27(36-17(2)31)23(34-3)14-15-30-26/h4-11,14-16,25H,12-13H2,1-3H3/t16-/m0/s1. The van der Waals surface area contributed by atoms with Gasteiger partial charge >= 0.3 is 11.9 Å². The van der Waals surface area contributed by atoms with Crippen molar-refractivity contribution >= 4 is 17.7 Å². The number of carbonyl (C=O) groups excluding carboxylic acids is 3. The number of ether oxygens (including phenoxy) is 3. The van der Waals surface area contributed by atoms with Gasteiger partial charge in [0.2, 0.25) is 5.75 Å². The van der Waals surface area contributed by atoms with Crippen molar-refractivity contribution in [2.75, 3.05) is 7.11 Å². The van der Waals surface area contributed by atoms with Crippen LogP contribution >= 0.6 is 0 Å². The molecule has 9 heteroatoms. The number of rotatable bonds is 10. The molecule has 0 spiro atoms. The summed E-state index contributed by atoms with van der Waals surface area (Å²) in [6, 6.07) is 12.9. The maximum Gasteiger partial charge on any atom is 0.308 e. The molecule has 36 heavy (non-hydrogen) atoms. The number of esters is 2. The largest absolute Gasteiger partial charge is 0.493 e. The van der Waals surface area contributed by atoms with E-state index in [1.807, 2.05) is 0 Å². The van der Waals surface area contributed by atoms with Gasteiger partial charge in [0.25, 0.3) is 0 Å². The number of nitrogens with zero attached hydrogens (tertiary/aromatic N) is 1. The number of Topliss-reactive ketones (excluding diaryl/α,β-unsaturated/α-hetero) is 1. The van der Waals surface area contributed by atoms with Crippen LogP contribution in [0.4, 0.5) is 8.78 Å². The Morgan fingerprint density at radius 3 is 1.94 bits per heavy atom. The van der Waals surface area contributed by atoms with Crippen LogP contribution in [0.5, 0.6) is 11.5 Å². The second-order valence-electron chi connectivity index (χ2n) is 7.98. The third-order valence-corrected chi connectivity index (χ3v) is 5.40. The van der Waals surface area contributed by atoms with Crippen LogP contribution in [0.2, 0.25) is 0 Å². The molecule has 0 amide bonds. The zero-order chi connectivity index (χ0) is 26.2. The molecule has 0 unspecified atom stereocenters. The third kappa shape index (κ3) is 6.71. The maximum absolute atomic E-state index is 13.5. The zero-order valence-corrected chi connectivity index (χ0v) is 20.0. The molecule has 0 fully saturated rings. The second kappa shape index (κ2) is 12.0. The number of benzene rings is 2. The van der Waals surface area contributed by atoms with Crippen LogP contribution < -0.4 is 9.47 Å². The van der Waals surface area contributed by atoms with Crippen molar-refractivity contribution < 1.29 is 37.4 Å². The Labute approximate surface area is 207 Å². The molecule has 0 saturated carbocycles. The summed E-state index contributed by atoms with van der Waals surface area (Å²) in [6.45, 7) is 2.84. The summed E-state index contributed by atoms with van der Waals surface area (Å²) in [6.07, 6.45) is 0.101. The minimum absolute atomic E-state index is 0.119. The number of methoxy groups -OCH3 is 1. The van der Waals surface area contributed by atoms with Crippen LogP contribution in [0.15, 0.2) is 60.8 Å². The van der Waals surface area contributed by atoms with Crippen LogP contribution in [-0.4, -0.2) is 35.9 Å². The zero-order valence-electron chi connectivity index (χ0n) is 20.0. The number of pyridine rings is 1. The first kappa shape index (κ1) is 26.5. The molecule has 0 aliphatic carbocycles. The van der Waals surface area contributed by atoms with E-state index in [9.17, 15) is 23.2 Å². The summed E-state index contributed by atoms with van der Waals surface area (Å²) in [4.78, 5) is 40.8. The fourth-order valence-electron chi connectivity index (χ4n) is 3.78. The van der Waals surface area contributed by atoms with Crippen molar-refractivity contribution in [2.45, 2.75) is 38.7 Å². The molecule has 3 rings (SSSR count). The van der Waals surface area contributed by atoms with Crippen molar-refractivity contribution in [3.63, 3.8) is 0 Å². The van der Waals surface area contributed by atoms with Gasteiger partial charge < -0.3 is 14.2 Å². The van der Waals surface area contributed by atoms with Crippen molar-refractivity contribution in [2.24, 2.45) is 0 Å². The Balaban J connectivity index is 1.73. The average molecular weight is 497 g/mol. The lowest BCUT2D eigenvalue weighted by Gasteiger charge is -2.25. The van der Waals surface area contributed by atoms with Gasteiger partial charge in [0.1, 0.15) is 17.7 Å². The summed E-state index contributed by atoms with van der Waals surface area (Å²) >= 11 is 0. The quantitative estimate of drug-likeness (QED) is 0.287. The summed E-state index contributed by atoms with van der Waals surface area (Å²) in [7, 11) is 1.36. The van der Waals surface area contributed by atoms with Crippen molar-refractivity contribution in [3.8, 4) is 11.5 Å². The highest BCUT2D eigenvalue weighted by Crippen LogP contribution is 2.32. The van der Waals surface area contributed by atoms with E-state index in [4.69, 9.17) is 14.2 Å². The number of halogens is 2. The van der Waals surface area contributed by atoms with Crippen molar-refractivity contribution in [1.29, 1.82) is 0 Å². The van der Waals surface area contributed by atoms with Gasteiger partial charge in [-0.2, -0.15) is 0 Å². The predicted molar refractivity (Wildman–Crippen MR) is 126 cm³/mol. The highest BCUT2D eigenvalue weighted by atomic mass is 19.1. The highest BCUT2D eigenvalue weighted by Gasteiger charge is 2.26. The Morgan fingerprint density at radius 1 is 0.889 bits per heavy atom. The van der Waals surface area contributed by atoms with E-state index in [-0.39, 0.29) is 30.0 Å². The molecule has 1 atom stereocenters. The summed E-state index contributed by atoms with van der Waals surface area (Å²) in [5.74, 6) is -3.14. The second-order valence-corrected chi connectivity index (χ2v) is 7.98. The van der Waals surface area contributed by atoms with Crippen LogP contribution in [0.3, 0.4) is 0 Å². The SMILES string of the molecule is COc1ccnc(C(=O)CCC(=O)O[C@@H](C)C(c2ccc(F)cc2)c2ccc(F)cc2)c1OC(C)=O. The van der Waals surface area contributed by atoms with Crippen LogP contribution in [0.25, 0.3) is 0 Å². The number of hydrogen-bond donors (Lipinski definition) is 0. The summed E-state index contributed by atoms with van der Waals surface area (Å²) in [5, 5.41) is 0. The summed E-state index contributed by atoms with van der Waals surface area (Å²) in [5.41, 5.74) is 1.21. The van der Waals surface area contributed by atoms with Crippen LogP contribution in [0.1, 0.15) is 54.2 Å². The fourth-order valence-corrected chi connectivity index (χ4v) is 3.78. The van der Waals surface area contributed by atoms with Gasteiger partial charge in [-0.1, -0.05) is 24.3 Å². The normalized spacial score (nSPS) is 11.6. The van der Waals surface area contributed by atoms with Crippen molar-refractivity contribution in [1.82, 2.24) is 4.98 Å². The lowest BCUT2D eigenvalue weighted by molar-refractivity contribution is -0.148. The van der Waals surface area contributed by atoms with Gasteiger partial charge in [0.15, 0.2) is 17.2 Å². The van der Waals surface area contributed by atoms with Gasteiger partial charge in [-0.05, 0) is 42.3 Å². The topological polar surface area (TPSA) is 91.8 Å². The minimum Gasteiger partial charge on any atom is -0.493 e. The first-order valence-corrected chi connectivity index (χ1v) is 11.1. The molecule has 1 heterocycles. The Morgan fingerprint density at radius 2 is 1.44 bits per heavy atom. The molecular formula is C27H25F2NO6. The lowest BCUT2D eigenvalue weighted by Crippen LogP contribution is -2.24. The average Bonchev–Trinajstić information content (AvgIpc) is 2.85. The number of hydrogen-bond acceptors (Lipinski definition) is 7. The monoisotopic (exact) mass is 497 g/mol. The molecule has 3 aromatic rings. The molecule has 2 aromatic carbocycles. The Hall–Kier alpha value is -4.14. The third-order valence-electron chi connectivity index (χ3n) is 5.40. The smallest absolute Gasteiger partial charge is 0.308 e.